The van der Waals surface area contributed by atoms with E-state index in [0.717, 1.165) is 0 Å². The lowest BCUT2D eigenvalue weighted by atomic mass is 10.0. The van der Waals surface area contributed by atoms with Crippen LogP contribution in [0.3, 0.4) is 0 Å². The van der Waals surface area contributed by atoms with Gasteiger partial charge in [-0.1, -0.05) is 30.3 Å². The van der Waals surface area contributed by atoms with Gasteiger partial charge in [0.05, 0.1) is 0 Å². The lowest BCUT2D eigenvalue weighted by molar-refractivity contribution is -0.165. The smallest absolute Gasteiger partial charge is 0.354 e. The Morgan fingerprint density at radius 1 is 1.38 bits per heavy atom. The van der Waals surface area contributed by atoms with E-state index in [1.807, 2.05) is 0 Å². The summed E-state index contributed by atoms with van der Waals surface area (Å²) < 4.78 is 0. The van der Waals surface area contributed by atoms with Gasteiger partial charge in [0, 0.05) is 6.42 Å². The molecule has 1 rings (SSSR count). The molecule has 13 heavy (non-hydrogen) atoms. The Kier molecular flexibility index (Phi) is 2.65. The lowest BCUT2D eigenvalue weighted by Crippen LogP contribution is -2.48. The summed E-state index contributed by atoms with van der Waals surface area (Å²) >= 11 is 0. The van der Waals surface area contributed by atoms with E-state index < -0.39 is 11.7 Å². The summed E-state index contributed by atoms with van der Waals surface area (Å²) in [6.45, 7) is 0. The first-order valence-corrected chi connectivity index (χ1v) is 3.79. The van der Waals surface area contributed by atoms with E-state index in [4.69, 9.17) is 10.8 Å². The second-order valence-electron chi connectivity index (χ2n) is 2.86. The fourth-order valence-electron chi connectivity index (χ4n) is 0.975. The van der Waals surface area contributed by atoms with Gasteiger partial charge in [0.25, 0.3) is 5.72 Å². The van der Waals surface area contributed by atoms with Crippen LogP contribution in [0.4, 0.5) is 0 Å². The third-order valence-corrected chi connectivity index (χ3v) is 1.67. The number of aliphatic carboxylic acids is 1. The zero-order valence-corrected chi connectivity index (χ0v) is 6.93. The molecular weight excluding hydrogens is 170 g/mol. The van der Waals surface area contributed by atoms with Crippen molar-refractivity contribution in [3.63, 3.8) is 0 Å². The molecule has 0 unspecified atom stereocenters. The van der Waals surface area contributed by atoms with Crippen LogP contribution in [0.15, 0.2) is 30.3 Å². The molecule has 4 nitrogen and oxygen atoms in total. The predicted octanol–water partition coefficient (Wildman–Crippen LogP) is 0.399. The molecule has 0 saturated heterocycles. The lowest BCUT2D eigenvalue weighted by Gasteiger charge is -2.14. The summed E-state index contributed by atoms with van der Waals surface area (Å²) in [5.41, 5.74) is 3.23. The third kappa shape index (κ3) is 2.54. The third-order valence-electron chi connectivity index (χ3n) is 1.67. The molecule has 0 fully saturated rings. The van der Waals surface area contributed by atoms with Gasteiger partial charge in [-0.2, -0.15) is 5.11 Å². The normalized spacial score (nSPS) is 14.9. The second kappa shape index (κ2) is 3.55. The summed E-state index contributed by atoms with van der Waals surface area (Å²) in [6.07, 6.45) is -0.205. The highest BCUT2D eigenvalue weighted by Crippen LogP contribution is 2.08. The van der Waals surface area contributed by atoms with E-state index in [1.54, 1.807) is 30.3 Å². The monoisotopic (exact) mass is 180 g/mol. The molecule has 0 bridgehead atoms. The average molecular weight is 180 g/mol. The highest BCUT2D eigenvalue weighted by molar-refractivity contribution is 5.76. The van der Waals surface area contributed by atoms with Gasteiger partial charge in [-0.15, -0.1) is 0 Å². The first kappa shape index (κ1) is 9.70. The Morgan fingerprint density at radius 3 is 2.38 bits per heavy atom. The number of carboxylic acid groups (broad SMARTS) is 1. The summed E-state index contributed by atoms with van der Waals surface area (Å²) in [5, 5.41) is 19.6. The van der Waals surface area contributed by atoms with Gasteiger partial charge in [0.1, 0.15) is 0 Å². The maximum absolute atomic E-state index is 11.2. The molecule has 69 valence electrons. The number of hydrogen-bond acceptors (Lipinski definition) is 2. The second-order valence-corrected chi connectivity index (χ2v) is 2.86. The van der Waals surface area contributed by atoms with Gasteiger partial charge in [0.2, 0.25) is 0 Å². The molecule has 0 amide bonds. The highest BCUT2D eigenvalue weighted by Gasteiger charge is 2.33. The van der Waals surface area contributed by atoms with Gasteiger partial charge in [-0.05, 0) is 5.56 Å². The van der Waals surface area contributed by atoms with Crippen molar-refractivity contribution in [1.29, 1.82) is 0 Å². The number of carbonyl (C=O) groups is 1. The molecule has 0 aromatic heterocycles. The van der Waals surface area contributed by atoms with Crippen LogP contribution in [0.1, 0.15) is 5.56 Å². The molecule has 3 N–H and O–H groups in total. The molecule has 1 aromatic rings. The van der Waals surface area contributed by atoms with Crippen LogP contribution in [-0.2, 0) is 16.3 Å². The number of nitrogens with two attached hydrogens (primary N) is 1. The van der Waals surface area contributed by atoms with Crippen molar-refractivity contribution >= 4 is 5.97 Å². The van der Waals surface area contributed by atoms with Crippen LogP contribution >= 0.6 is 0 Å². The van der Waals surface area contributed by atoms with Crippen LogP contribution in [0.2, 0.25) is 0 Å². The Morgan fingerprint density at radius 2 is 1.92 bits per heavy atom. The van der Waals surface area contributed by atoms with E-state index in [-0.39, 0.29) is 6.42 Å². The van der Waals surface area contributed by atoms with Crippen LogP contribution in [0.5, 0.6) is 0 Å². The minimum Gasteiger partial charge on any atom is -0.478 e. The van der Waals surface area contributed by atoms with E-state index in [0.29, 0.717) is 5.56 Å². The highest BCUT2D eigenvalue weighted by atomic mass is 16.4. The van der Waals surface area contributed by atoms with Crippen LogP contribution in [0, 0.1) is 0 Å². The number of rotatable bonds is 3. The largest absolute Gasteiger partial charge is 0.478 e. The molecular formula is C9H10NO3. The van der Waals surface area contributed by atoms with E-state index in [1.165, 1.54) is 0 Å². The molecule has 0 heterocycles. The Balaban J connectivity index is 2.75. The van der Waals surface area contributed by atoms with Crippen molar-refractivity contribution in [2.24, 2.45) is 5.73 Å². The van der Waals surface area contributed by atoms with Crippen molar-refractivity contribution in [2.75, 3.05) is 0 Å². The van der Waals surface area contributed by atoms with Gasteiger partial charge < -0.3 is 5.11 Å². The SMILES string of the molecule is N[C@@]([O])(Cc1ccccc1)C(=O)O. The van der Waals surface area contributed by atoms with Gasteiger partial charge in [0.15, 0.2) is 0 Å². The fourth-order valence-corrected chi connectivity index (χ4v) is 0.975. The number of benzene rings is 1. The number of hydrogen-bond donors (Lipinski definition) is 2. The summed E-state index contributed by atoms with van der Waals surface area (Å²) in [5.74, 6) is -1.53. The van der Waals surface area contributed by atoms with Crippen molar-refractivity contribution in [2.45, 2.75) is 12.1 Å². The van der Waals surface area contributed by atoms with Gasteiger partial charge >= 0.3 is 5.97 Å². The van der Waals surface area contributed by atoms with Crippen LogP contribution in [-0.4, -0.2) is 16.8 Å². The quantitative estimate of drug-likeness (QED) is 0.660. The first-order valence-electron chi connectivity index (χ1n) is 3.79. The Bertz CT molecular complexity index is 295. The standard InChI is InChI=1S/C9H10NO3/c10-9(13,8(11)12)6-7-4-2-1-3-5-7/h1-5H,6,10H2,(H,11,12)/t9-/m1/s1. The topological polar surface area (TPSA) is 83.2 Å². The maximum Gasteiger partial charge on any atom is 0.354 e. The van der Waals surface area contributed by atoms with Crippen molar-refractivity contribution < 1.29 is 15.0 Å². The van der Waals surface area contributed by atoms with Crippen molar-refractivity contribution in [1.82, 2.24) is 0 Å². The summed E-state index contributed by atoms with van der Waals surface area (Å²) in [4.78, 5) is 10.4. The predicted molar refractivity (Wildman–Crippen MR) is 45.4 cm³/mol. The fraction of sp³-hybridized carbons (Fsp3) is 0.222. The number of carboxylic acids is 1. The van der Waals surface area contributed by atoms with E-state index >= 15 is 0 Å². The summed E-state index contributed by atoms with van der Waals surface area (Å²) in [7, 11) is 0. The summed E-state index contributed by atoms with van der Waals surface area (Å²) in [6, 6.07) is 8.58. The zero-order chi connectivity index (χ0) is 9.90. The molecule has 1 aromatic carbocycles. The molecule has 4 heteroatoms. The molecule has 0 aliphatic carbocycles. The van der Waals surface area contributed by atoms with E-state index in [9.17, 15) is 9.90 Å². The molecule has 0 aliphatic rings. The first-order chi connectivity index (χ1) is 6.02. The molecule has 1 atom stereocenters. The minimum atomic E-state index is -2.43. The minimum absolute atomic E-state index is 0.205. The zero-order valence-electron chi connectivity index (χ0n) is 6.93. The molecule has 0 aliphatic heterocycles. The van der Waals surface area contributed by atoms with Crippen molar-refractivity contribution in [3.05, 3.63) is 35.9 Å². The van der Waals surface area contributed by atoms with Crippen LogP contribution < -0.4 is 5.73 Å². The average Bonchev–Trinajstić information content (AvgIpc) is 2.05. The Hall–Kier alpha value is -1.39. The molecule has 1 radical (unpaired) electrons. The Labute approximate surface area is 75.6 Å². The van der Waals surface area contributed by atoms with E-state index in [2.05, 4.69) is 0 Å². The maximum atomic E-state index is 11.2. The van der Waals surface area contributed by atoms with Gasteiger partial charge in [-0.25, -0.2) is 4.79 Å². The van der Waals surface area contributed by atoms with Gasteiger partial charge in [-0.3, -0.25) is 5.73 Å². The molecule has 0 spiro atoms. The van der Waals surface area contributed by atoms with Crippen LogP contribution in [0.25, 0.3) is 0 Å². The molecule has 0 saturated carbocycles. The van der Waals surface area contributed by atoms with Crippen molar-refractivity contribution in [3.8, 4) is 0 Å².